The second-order valence-electron chi connectivity index (χ2n) is 6.22. The van der Waals surface area contributed by atoms with Crippen molar-refractivity contribution in [1.29, 1.82) is 0 Å². The summed E-state index contributed by atoms with van der Waals surface area (Å²) in [6, 6.07) is 3.94. The van der Waals surface area contributed by atoms with E-state index in [-0.39, 0.29) is 18.9 Å². The summed E-state index contributed by atoms with van der Waals surface area (Å²) in [6.07, 6.45) is 1.84. The van der Waals surface area contributed by atoms with Crippen LogP contribution >= 0.6 is 0 Å². The van der Waals surface area contributed by atoms with Crippen LogP contribution in [0.15, 0.2) is 18.3 Å². The molecule has 0 saturated carbocycles. The molecule has 2 heterocycles. The fraction of sp³-hybridized carbons (Fsp3) is 0.625. The average molecular weight is 307 g/mol. The van der Waals surface area contributed by atoms with Crippen LogP contribution in [0, 0.1) is 6.92 Å². The molecule has 1 saturated heterocycles. The number of carbonyl (C=O) groups excluding carboxylic acids is 1. The number of ether oxygens (including phenoxy) is 1. The van der Waals surface area contributed by atoms with Gasteiger partial charge in [-0.05, 0) is 18.6 Å². The van der Waals surface area contributed by atoms with Gasteiger partial charge in [0.2, 0.25) is 5.91 Å². The van der Waals surface area contributed by atoms with Gasteiger partial charge in [-0.3, -0.25) is 14.7 Å². The van der Waals surface area contributed by atoms with Gasteiger partial charge in [-0.1, -0.05) is 6.07 Å². The molecular formula is C16H25N3O3. The lowest BCUT2D eigenvalue weighted by molar-refractivity contribution is -0.136. The predicted octanol–water partition coefficient (Wildman–Crippen LogP) is 0.432. The zero-order valence-corrected chi connectivity index (χ0v) is 13.6. The number of hydrogen-bond acceptors (Lipinski definition) is 5. The highest BCUT2D eigenvalue weighted by atomic mass is 16.5. The number of aryl methyl sites for hydroxylation is 1. The van der Waals surface area contributed by atoms with E-state index in [0.29, 0.717) is 26.2 Å². The summed E-state index contributed by atoms with van der Waals surface area (Å²) in [6.45, 7) is 4.53. The molecule has 0 radical (unpaired) electrons. The first-order valence-corrected chi connectivity index (χ1v) is 7.53. The molecule has 1 aliphatic rings. The summed E-state index contributed by atoms with van der Waals surface area (Å²) in [5, 5.41) is 10.8. The molecule has 6 nitrogen and oxygen atoms in total. The van der Waals surface area contributed by atoms with Gasteiger partial charge < -0.3 is 14.7 Å². The van der Waals surface area contributed by atoms with E-state index in [1.54, 1.807) is 20.3 Å². The zero-order valence-electron chi connectivity index (χ0n) is 13.6. The number of β-amino-alcohol motifs (C(OH)–C–C–N with tert-alkyl or cyclic N) is 1. The van der Waals surface area contributed by atoms with Crippen molar-refractivity contribution in [2.24, 2.45) is 0 Å². The lowest BCUT2D eigenvalue weighted by Gasteiger charge is -2.31. The Morgan fingerprint density at radius 2 is 2.32 bits per heavy atom. The Balaban J connectivity index is 2.06. The number of aliphatic hydroxyl groups is 1. The van der Waals surface area contributed by atoms with Crippen molar-refractivity contribution in [2.45, 2.75) is 25.5 Å². The van der Waals surface area contributed by atoms with Crippen molar-refractivity contribution in [1.82, 2.24) is 14.8 Å². The number of carbonyl (C=O) groups is 1. The van der Waals surface area contributed by atoms with E-state index in [1.807, 2.05) is 19.1 Å². The van der Waals surface area contributed by atoms with Gasteiger partial charge in [0.05, 0.1) is 25.3 Å². The number of pyridine rings is 1. The highest BCUT2D eigenvalue weighted by Crippen LogP contribution is 2.19. The molecule has 0 aromatic carbocycles. The van der Waals surface area contributed by atoms with Gasteiger partial charge in [0.25, 0.3) is 0 Å². The van der Waals surface area contributed by atoms with Crippen LogP contribution in [0.4, 0.5) is 0 Å². The van der Waals surface area contributed by atoms with E-state index in [4.69, 9.17) is 4.74 Å². The van der Waals surface area contributed by atoms with Crippen molar-refractivity contribution >= 4 is 5.91 Å². The molecule has 1 aromatic rings. The van der Waals surface area contributed by atoms with Crippen molar-refractivity contribution in [3.63, 3.8) is 0 Å². The molecule has 0 spiro atoms. The lowest BCUT2D eigenvalue weighted by Crippen LogP contribution is -2.47. The summed E-state index contributed by atoms with van der Waals surface area (Å²) in [4.78, 5) is 19.9. The third kappa shape index (κ3) is 4.50. The van der Waals surface area contributed by atoms with Crippen molar-refractivity contribution in [2.75, 3.05) is 40.4 Å². The van der Waals surface area contributed by atoms with Crippen LogP contribution in [0.25, 0.3) is 0 Å². The molecule has 1 aromatic heterocycles. The minimum Gasteiger partial charge on any atom is -0.386 e. The van der Waals surface area contributed by atoms with Gasteiger partial charge in [-0.25, -0.2) is 0 Å². The first-order valence-electron chi connectivity index (χ1n) is 7.53. The van der Waals surface area contributed by atoms with E-state index >= 15 is 0 Å². The van der Waals surface area contributed by atoms with Crippen LogP contribution in [0.3, 0.4) is 0 Å². The third-order valence-electron chi connectivity index (χ3n) is 3.91. The van der Waals surface area contributed by atoms with Gasteiger partial charge >= 0.3 is 0 Å². The Hall–Kier alpha value is -1.50. The fourth-order valence-corrected chi connectivity index (χ4v) is 2.57. The van der Waals surface area contributed by atoms with Gasteiger partial charge in [0, 0.05) is 39.9 Å². The zero-order chi connectivity index (χ0) is 16.2. The molecule has 0 unspecified atom stereocenters. The van der Waals surface area contributed by atoms with Crippen LogP contribution < -0.4 is 0 Å². The Morgan fingerprint density at radius 3 is 3.00 bits per heavy atom. The van der Waals surface area contributed by atoms with Crippen molar-refractivity contribution in [3.05, 3.63) is 29.6 Å². The van der Waals surface area contributed by atoms with Crippen LogP contribution in [-0.2, 0) is 16.1 Å². The van der Waals surface area contributed by atoms with E-state index in [1.165, 1.54) is 4.90 Å². The Kier molecular flexibility index (Phi) is 5.50. The first kappa shape index (κ1) is 16.9. The normalized spacial score (nSPS) is 23.1. The molecule has 2 rings (SSSR count). The standard InChI is InChI=1S/C16H25N3O3/c1-13-5-4-6-17-14(13)10-19-7-8-22-12-16(21,11-19)9-15(20)18(2)3/h4-6,21H,7-12H2,1-3H3/t16-/m1/s1. The fourth-order valence-electron chi connectivity index (χ4n) is 2.57. The Bertz CT molecular complexity index is 521. The molecular weight excluding hydrogens is 282 g/mol. The smallest absolute Gasteiger partial charge is 0.225 e. The van der Waals surface area contributed by atoms with Gasteiger partial charge in [-0.15, -0.1) is 0 Å². The molecule has 1 N–H and O–H groups in total. The van der Waals surface area contributed by atoms with Crippen LogP contribution in [0.2, 0.25) is 0 Å². The van der Waals surface area contributed by atoms with Crippen LogP contribution in [-0.4, -0.2) is 71.8 Å². The molecule has 1 amide bonds. The van der Waals surface area contributed by atoms with Crippen molar-refractivity contribution in [3.8, 4) is 0 Å². The lowest BCUT2D eigenvalue weighted by atomic mass is 9.99. The SMILES string of the molecule is Cc1cccnc1CN1CCOC[C@@](O)(CC(=O)N(C)C)C1. The van der Waals surface area contributed by atoms with E-state index in [2.05, 4.69) is 9.88 Å². The monoisotopic (exact) mass is 307 g/mol. The maximum Gasteiger partial charge on any atom is 0.225 e. The van der Waals surface area contributed by atoms with E-state index in [9.17, 15) is 9.90 Å². The minimum atomic E-state index is -1.15. The molecule has 1 atom stereocenters. The third-order valence-corrected chi connectivity index (χ3v) is 3.91. The molecule has 122 valence electrons. The second-order valence-corrected chi connectivity index (χ2v) is 6.22. The Morgan fingerprint density at radius 1 is 1.55 bits per heavy atom. The summed E-state index contributed by atoms with van der Waals surface area (Å²) in [7, 11) is 3.39. The Labute approximate surface area is 131 Å². The molecule has 0 aliphatic carbocycles. The molecule has 1 aliphatic heterocycles. The largest absolute Gasteiger partial charge is 0.386 e. The van der Waals surface area contributed by atoms with Gasteiger partial charge in [-0.2, -0.15) is 0 Å². The summed E-state index contributed by atoms with van der Waals surface area (Å²) in [5.41, 5.74) is 0.965. The summed E-state index contributed by atoms with van der Waals surface area (Å²) in [5.74, 6) is -0.0954. The van der Waals surface area contributed by atoms with E-state index < -0.39 is 5.60 Å². The van der Waals surface area contributed by atoms with Crippen LogP contribution in [0.5, 0.6) is 0 Å². The number of aromatic nitrogens is 1. The minimum absolute atomic E-state index is 0.0672. The topological polar surface area (TPSA) is 65.9 Å². The number of amides is 1. The van der Waals surface area contributed by atoms with Gasteiger partial charge in [0.1, 0.15) is 5.60 Å². The van der Waals surface area contributed by atoms with Crippen LogP contribution in [0.1, 0.15) is 17.7 Å². The summed E-state index contributed by atoms with van der Waals surface area (Å²) >= 11 is 0. The predicted molar refractivity (Wildman–Crippen MR) is 83.3 cm³/mol. The number of hydrogen-bond donors (Lipinski definition) is 1. The second kappa shape index (κ2) is 7.17. The number of nitrogens with zero attached hydrogens (tertiary/aromatic N) is 3. The average Bonchev–Trinajstić information content (AvgIpc) is 2.63. The maximum absolute atomic E-state index is 11.9. The number of rotatable bonds is 4. The molecule has 6 heteroatoms. The highest BCUT2D eigenvalue weighted by molar-refractivity contribution is 5.76. The molecule has 0 bridgehead atoms. The maximum atomic E-state index is 11.9. The van der Waals surface area contributed by atoms with E-state index in [0.717, 1.165) is 11.3 Å². The molecule has 22 heavy (non-hydrogen) atoms. The summed E-state index contributed by atoms with van der Waals surface area (Å²) < 4.78 is 5.51. The van der Waals surface area contributed by atoms with Crippen molar-refractivity contribution < 1.29 is 14.6 Å². The quantitative estimate of drug-likeness (QED) is 0.874. The van der Waals surface area contributed by atoms with Gasteiger partial charge in [0.15, 0.2) is 0 Å². The highest BCUT2D eigenvalue weighted by Gasteiger charge is 2.35. The first-order chi connectivity index (χ1) is 10.4. The molecule has 1 fully saturated rings.